The predicted molar refractivity (Wildman–Crippen MR) is 75.5 cm³/mol. The number of alkyl halides is 1. The Morgan fingerprint density at radius 1 is 1.25 bits per heavy atom. The molecule has 84 valence electrons. The summed E-state index contributed by atoms with van der Waals surface area (Å²) in [5.41, 5.74) is 2.63. The van der Waals surface area contributed by atoms with Crippen molar-refractivity contribution in [2.75, 3.05) is 0 Å². The molecule has 0 nitrogen and oxygen atoms in total. The molecule has 2 rings (SSSR count). The Bertz CT molecular complexity index is 478. The van der Waals surface area contributed by atoms with Crippen LogP contribution >= 0.6 is 38.9 Å². The first-order valence-electron chi connectivity index (χ1n) is 5.10. The highest BCUT2D eigenvalue weighted by Crippen LogP contribution is 2.33. The minimum absolute atomic E-state index is 0.0670. The molecule has 1 unspecified atom stereocenters. The molecule has 1 aromatic carbocycles. The summed E-state index contributed by atoms with van der Waals surface area (Å²) in [6.45, 7) is 2.13. The van der Waals surface area contributed by atoms with E-state index in [1.165, 1.54) is 16.0 Å². The van der Waals surface area contributed by atoms with Crippen molar-refractivity contribution >= 4 is 38.9 Å². The van der Waals surface area contributed by atoms with E-state index in [1.54, 1.807) is 11.3 Å². The lowest BCUT2D eigenvalue weighted by Crippen LogP contribution is -1.95. The Kier molecular flexibility index (Phi) is 4.06. The Morgan fingerprint density at radius 3 is 2.62 bits per heavy atom. The lowest BCUT2D eigenvalue weighted by Gasteiger charge is -2.09. The van der Waals surface area contributed by atoms with E-state index in [4.69, 9.17) is 11.6 Å². The van der Waals surface area contributed by atoms with Gasteiger partial charge in [-0.15, -0.1) is 22.9 Å². The lowest BCUT2D eigenvalue weighted by molar-refractivity contribution is 0.930. The highest BCUT2D eigenvalue weighted by molar-refractivity contribution is 9.11. The molecule has 0 amide bonds. The molecular formula is C13H12BrClS. The van der Waals surface area contributed by atoms with E-state index < -0.39 is 0 Å². The molecule has 0 aliphatic carbocycles. The maximum atomic E-state index is 6.42. The van der Waals surface area contributed by atoms with E-state index in [0.717, 1.165) is 10.2 Å². The van der Waals surface area contributed by atoms with Crippen LogP contribution in [0.25, 0.3) is 0 Å². The Morgan fingerprint density at radius 2 is 2.00 bits per heavy atom. The fourth-order valence-corrected chi connectivity index (χ4v) is 3.40. The zero-order chi connectivity index (χ0) is 11.5. The maximum absolute atomic E-state index is 6.42. The maximum Gasteiger partial charge on any atom is 0.0719 e. The summed E-state index contributed by atoms with van der Waals surface area (Å²) >= 11 is 11.6. The topological polar surface area (TPSA) is 0 Å². The van der Waals surface area contributed by atoms with Crippen LogP contribution in [-0.2, 0) is 6.42 Å². The molecule has 0 saturated carbocycles. The summed E-state index contributed by atoms with van der Waals surface area (Å²) in [7, 11) is 0. The second-order valence-corrected chi connectivity index (χ2v) is 6.76. The number of hydrogen-bond donors (Lipinski definition) is 0. The zero-order valence-corrected chi connectivity index (χ0v) is 12.1. The molecule has 0 aliphatic heterocycles. The molecule has 0 spiro atoms. The SMILES string of the molecule is Cc1ccccc1CC(Cl)c1ccc(Br)s1. The van der Waals surface area contributed by atoms with Gasteiger partial charge in [-0.05, 0) is 52.5 Å². The number of benzene rings is 1. The molecule has 0 aliphatic rings. The van der Waals surface area contributed by atoms with Crippen molar-refractivity contribution in [2.24, 2.45) is 0 Å². The van der Waals surface area contributed by atoms with Gasteiger partial charge in [0.15, 0.2) is 0 Å². The van der Waals surface area contributed by atoms with Gasteiger partial charge >= 0.3 is 0 Å². The summed E-state index contributed by atoms with van der Waals surface area (Å²) in [4.78, 5) is 1.22. The Balaban J connectivity index is 2.13. The van der Waals surface area contributed by atoms with E-state index in [-0.39, 0.29) is 5.38 Å². The van der Waals surface area contributed by atoms with Crippen molar-refractivity contribution in [2.45, 2.75) is 18.7 Å². The molecule has 16 heavy (non-hydrogen) atoms. The molecule has 1 heterocycles. The third-order valence-electron chi connectivity index (χ3n) is 2.56. The molecular weight excluding hydrogens is 304 g/mol. The largest absolute Gasteiger partial charge is 0.132 e. The van der Waals surface area contributed by atoms with Crippen LogP contribution in [0.15, 0.2) is 40.2 Å². The molecule has 0 N–H and O–H groups in total. The van der Waals surface area contributed by atoms with Gasteiger partial charge in [0.05, 0.1) is 9.16 Å². The van der Waals surface area contributed by atoms with E-state index in [0.29, 0.717) is 0 Å². The van der Waals surface area contributed by atoms with E-state index in [1.807, 2.05) is 6.07 Å². The second-order valence-electron chi connectivity index (χ2n) is 3.74. The smallest absolute Gasteiger partial charge is 0.0719 e. The fourth-order valence-electron chi connectivity index (χ4n) is 1.63. The quantitative estimate of drug-likeness (QED) is 0.670. The minimum atomic E-state index is 0.0670. The monoisotopic (exact) mass is 314 g/mol. The third kappa shape index (κ3) is 2.88. The summed E-state index contributed by atoms with van der Waals surface area (Å²) in [5, 5.41) is 0.0670. The Labute approximate surface area is 113 Å². The average molecular weight is 316 g/mol. The van der Waals surface area contributed by atoms with E-state index in [9.17, 15) is 0 Å². The van der Waals surface area contributed by atoms with Crippen LogP contribution in [0.3, 0.4) is 0 Å². The van der Waals surface area contributed by atoms with Crippen molar-refractivity contribution in [1.82, 2.24) is 0 Å². The third-order valence-corrected chi connectivity index (χ3v) is 4.82. The molecule has 1 aromatic heterocycles. The van der Waals surface area contributed by atoms with Crippen LogP contribution in [-0.4, -0.2) is 0 Å². The highest BCUT2D eigenvalue weighted by Gasteiger charge is 2.12. The van der Waals surface area contributed by atoms with Gasteiger partial charge in [-0.3, -0.25) is 0 Å². The first kappa shape index (κ1) is 12.2. The second kappa shape index (κ2) is 5.35. The molecule has 1 atom stereocenters. The number of thiophene rings is 1. The normalized spacial score (nSPS) is 12.7. The van der Waals surface area contributed by atoms with Crippen molar-refractivity contribution in [3.63, 3.8) is 0 Å². The van der Waals surface area contributed by atoms with Crippen LogP contribution in [0.4, 0.5) is 0 Å². The summed E-state index contributed by atoms with van der Waals surface area (Å²) in [6, 6.07) is 12.5. The number of rotatable bonds is 3. The van der Waals surface area contributed by atoms with Gasteiger partial charge < -0.3 is 0 Å². The number of aryl methyl sites for hydroxylation is 1. The first-order valence-corrected chi connectivity index (χ1v) is 7.15. The van der Waals surface area contributed by atoms with Gasteiger partial charge in [-0.25, -0.2) is 0 Å². The van der Waals surface area contributed by atoms with Gasteiger partial charge in [-0.2, -0.15) is 0 Å². The van der Waals surface area contributed by atoms with Crippen LogP contribution < -0.4 is 0 Å². The molecule has 2 aromatic rings. The van der Waals surface area contributed by atoms with Gasteiger partial charge in [0.2, 0.25) is 0 Å². The van der Waals surface area contributed by atoms with E-state index in [2.05, 4.69) is 53.2 Å². The summed E-state index contributed by atoms with van der Waals surface area (Å²) in [6.07, 6.45) is 0.890. The Hall–Kier alpha value is -0.310. The molecule has 0 bridgehead atoms. The molecule has 0 fully saturated rings. The van der Waals surface area contributed by atoms with Crippen LogP contribution in [0.1, 0.15) is 21.4 Å². The number of halogens is 2. The van der Waals surface area contributed by atoms with Crippen LogP contribution in [0.5, 0.6) is 0 Å². The van der Waals surface area contributed by atoms with Crippen LogP contribution in [0.2, 0.25) is 0 Å². The molecule has 0 saturated heterocycles. The predicted octanol–water partition coefficient (Wildman–Crippen LogP) is 5.34. The van der Waals surface area contributed by atoms with Crippen LogP contribution in [0, 0.1) is 6.92 Å². The fraction of sp³-hybridized carbons (Fsp3) is 0.231. The number of hydrogen-bond acceptors (Lipinski definition) is 1. The van der Waals surface area contributed by atoms with E-state index >= 15 is 0 Å². The average Bonchev–Trinajstić information content (AvgIpc) is 2.68. The van der Waals surface area contributed by atoms with Gasteiger partial charge in [-0.1, -0.05) is 24.3 Å². The van der Waals surface area contributed by atoms with Crippen molar-refractivity contribution in [3.05, 3.63) is 56.2 Å². The van der Waals surface area contributed by atoms with Crippen molar-refractivity contribution in [1.29, 1.82) is 0 Å². The molecule has 3 heteroatoms. The van der Waals surface area contributed by atoms with Crippen molar-refractivity contribution < 1.29 is 0 Å². The zero-order valence-electron chi connectivity index (χ0n) is 8.91. The lowest BCUT2D eigenvalue weighted by atomic mass is 10.0. The first-order chi connectivity index (χ1) is 7.66. The van der Waals surface area contributed by atoms with Gasteiger partial charge in [0, 0.05) is 4.88 Å². The highest BCUT2D eigenvalue weighted by atomic mass is 79.9. The summed E-state index contributed by atoms with van der Waals surface area (Å²) in [5.74, 6) is 0. The minimum Gasteiger partial charge on any atom is -0.132 e. The van der Waals surface area contributed by atoms with Crippen molar-refractivity contribution in [3.8, 4) is 0 Å². The summed E-state index contributed by atoms with van der Waals surface area (Å²) < 4.78 is 1.14. The van der Waals surface area contributed by atoms with Gasteiger partial charge in [0.25, 0.3) is 0 Å². The van der Waals surface area contributed by atoms with Gasteiger partial charge in [0.1, 0.15) is 0 Å². The standard InChI is InChI=1S/C13H12BrClS/c1-9-4-2-3-5-10(9)8-11(15)12-6-7-13(14)16-12/h2-7,11H,8H2,1H3. The molecule has 0 radical (unpaired) electrons.